The van der Waals surface area contributed by atoms with Gasteiger partial charge in [-0.25, -0.2) is 5.06 Å². The Morgan fingerprint density at radius 2 is 2.09 bits per heavy atom. The van der Waals surface area contributed by atoms with Gasteiger partial charge >= 0.3 is 0 Å². The topological polar surface area (TPSA) is 40.5 Å². The Labute approximate surface area is 68.3 Å². The van der Waals surface area contributed by atoms with Gasteiger partial charge in [-0.1, -0.05) is 19.9 Å². The van der Waals surface area contributed by atoms with E-state index in [-0.39, 0.29) is 5.91 Å². The molecule has 0 aromatic heterocycles. The van der Waals surface area contributed by atoms with Crippen molar-refractivity contribution in [2.45, 2.75) is 26.7 Å². The van der Waals surface area contributed by atoms with Crippen molar-refractivity contribution >= 4 is 5.91 Å². The zero-order valence-corrected chi connectivity index (χ0v) is 7.50. The van der Waals surface area contributed by atoms with Crippen LogP contribution in [0.2, 0.25) is 0 Å². The van der Waals surface area contributed by atoms with Gasteiger partial charge in [0, 0.05) is 13.5 Å². The Kier molecular flexibility index (Phi) is 10.7. The molecule has 0 rings (SSSR count). The molecule has 0 aromatic carbocycles. The van der Waals surface area contributed by atoms with E-state index in [0.29, 0.717) is 17.9 Å². The standard InChI is InChI=1S/C6H11NO2.C2H6/c1-3-4-5-6(8)7(2)9;1-2/h3,9H,1,4-5H2,2H3;1-2H3. The third-order valence-corrected chi connectivity index (χ3v) is 0.923. The van der Waals surface area contributed by atoms with Crippen molar-refractivity contribution in [3.63, 3.8) is 0 Å². The molecule has 0 saturated carbocycles. The summed E-state index contributed by atoms with van der Waals surface area (Å²) in [6, 6.07) is 0. The lowest BCUT2D eigenvalue weighted by Crippen LogP contribution is -2.21. The van der Waals surface area contributed by atoms with Gasteiger partial charge in [0.2, 0.25) is 5.91 Å². The first-order valence-electron chi connectivity index (χ1n) is 3.74. The van der Waals surface area contributed by atoms with Crippen LogP contribution >= 0.6 is 0 Å². The molecule has 0 aliphatic heterocycles. The molecular formula is C8H17NO2. The quantitative estimate of drug-likeness (QED) is 0.387. The summed E-state index contributed by atoms with van der Waals surface area (Å²) >= 11 is 0. The average molecular weight is 159 g/mol. The zero-order chi connectivity index (χ0) is 9.28. The monoisotopic (exact) mass is 159 g/mol. The maximum absolute atomic E-state index is 10.5. The highest BCUT2D eigenvalue weighted by molar-refractivity contribution is 5.74. The van der Waals surface area contributed by atoms with E-state index in [4.69, 9.17) is 5.21 Å². The molecule has 3 heteroatoms. The van der Waals surface area contributed by atoms with Crippen LogP contribution in [0.3, 0.4) is 0 Å². The number of rotatable bonds is 3. The highest BCUT2D eigenvalue weighted by atomic mass is 16.5. The van der Waals surface area contributed by atoms with Gasteiger partial charge < -0.3 is 0 Å². The molecule has 0 radical (unpaired) electrons. The number of amides is 1. The van der Waals surface area contributed by atoms with E-state index < -0.39 is 0 Å². The third-order valence-electron chi connectivity index (χ3n) is 0.923. The zero-order valence-electron chi connectivity index (χ0n) is 7.50. The van der Waals surface area contributed by atoms with Crippen LogP contribution in [-0.2, 0) is 4.79 Å². The largest absolute Gasteiger partial charge is 0.286 e. The number of hydrogen-bond donors (Lipinski definition) is 1. The lowest BCUT2D eigenvalue weighted by atomic mass is 10.3. The summed E-state index contributed by atoms with van der Waals surface area (Å²) in [7, 11) is 1.31. The van der Waals surface area contributed by atoms with E-state index in [9.17, 15) is 4.79 Å². The normalized spacial score (nSPS) is 7.64. The van der Waals surface area contributed by atoms with Crippen LogP contribution in [-0.4, -0.2) is 23.2 Å². The molecule has 0 bridgehead atoms. The van der Waals surface area contributed by atoms with E-state index >= 15 is 0 Å². The first-order valence-corrected chi connectivity index (χ1v) is 3.74. The summed E-state index contributed by atoms with van der Waals surface area (Å²) in [5, 5.41) is 9.08. The van der Waals surface area contributed by atoms with E-state index in [1.807, 2.05) is 13.8 Å². The molecule has 0 aliphatic rings. The number of allylic oxidation sites excluding steroid dienone is 1. The van der Waals surface area contributed by atoms with Crippen LogP contribution in [0.4, 0.5) is 0 Å². The van der Waals surface area contributed by atoms with Crippen molar-refractivity contribution in [1.29, 1.82) is 0 Å². The van der Waals surface area contributed by atoms with Crippen LogP contribution in [0.1, 0.15) is 26.7 Å². The average Bonchev–Trinajstić information content (AvgIpc) is 2.03. The Morgan fingerprint density at radius 3 is 2.36 bits per heavy atom. The smallest absolute Gasteiger partial charge is 0.245 e. The van der Waals surface area contributed by atoms with Gasteiger partial charge in [-0.15, -0.1) is 6.58 Å². The van der Waals surface area contributed by atoms with E-state index in [0.717, 1.165) is 0 Å². The fraction of sp³-hybridized carbons (Fsp3) is 0.625. The van der Waals surface area contributed by atoms with Crippen LogP contribution in [0.25, 0.3) is 0 Å². The van der Waals surface area contributed by atoms with E-state index in [1.54, 1.807) is 6.08 Å². The van der Waals surface area contributed by atoms with E-state index in [2.05, 4.69) is 6.58 Å². The van der Waals surface area contributed by atoms with E-state index in [1.165, 1.54) is 7.05 Å². The minimum Gasteiger partial charge on any atom is -0.286 e. The minimum atomic E-state index is -0.282. The molecule has 0 heterocycles. The fourth-order valence-corrected chi connectivity index (χ4v) is 0.387. The highest BCUT2D eigenvalue weighted by Gasteiger charge is 2.01. The number of hydroxylamine groups is 2. The molecule has 0 fully saturated rings. The fourth-order valence-electron chi connectivity index (χ4n) is 0.387. The van der Waals surface area contributed by atoms with Crippen molar-refractivity contribution in [3.05, 3.63) is 12.7 Å². The molecule has 1 amide bonds. The summed E-state index contributed by atoms with van der Waals surface area (Å²) in [5.74, 6) is -0.282. The maximum Gasteiger partial charge on any atom is 0.245 e. The van der Waals surface area contributed by atoms with Gasteiger partial charge in [-0.2, -0.15) is 0 Å². The summed E-state index contributed by atoms with van der Waals surface area (Å²) in [6.07, 6.45) is 2.58. The second kappa shape index (κ2) is 9.17. The molecule has 66 valence electrons. The van der Waals surface area contributed by atoms with Crippen molar-refractivity contribution in [2.24, 2.45) is 0 Å². The highest BCUT2D eigenvalue weighted by Crippen LogP contribution is 1.92. The first kappa shape index (κ1) is 12.8. The van der Waals surface area contributed by atoms with Crippen molar-refractivity contribution in [2.75, 3.05) is 7.05 Å². The van der Waals surface area contributed by atoms with Gasteiger partial charge in [0.15, 0.2) is 0 Å². The van der Waals surface area contributed by atoms with Gasteiger partial charge in [0.25, 0.3) is 0 Å². The van der Waals surface area contributed by atoms with Crippen LogP contribution in [0.15, 0.2) is 12.7 Å². The minimum absolute atomic E-state index is 0.282. The van der Waals surface area contributed by atoms with Gasteiger partial charge in [0.1, 0.15) is 0 Å². The summed E-state index contributed by atoms with van der Waals surface area (Å²) in [4.78, 5) is 10.5. The van der Waals surface area contributed by atoms with Crippen molar-refractivity contribution < 1.29 is 10.0 Å². The SMILES string of the molecule is C=CCCC(=O)N(C)O.CC. The molecule has 0 spiro atoms. The Morgan fingerprint density at radius 1 is 1.64 bits per heavy atom. The summed E-state index contributed by atoms with van der Waals surface area (Å²) in [6.45, 7) is 7.44. The Hall–Kier alpha value is -0.830. The molecule has 11 heavy (non-hydrogen) atoms. The van der Waals surface area contributed by atoms with Crippen LogP contribution < -0.4 is 0 Å². The lowest BCUT2D eigenvalue weighted by molar-refractivity contribution is -0.159. The van der Waals surface area contributed by atoms with Crippen LogP contribution in [0, 0.1) is 0 Å². The molecule has 0 atom stereocenters. The number of nitrogens with zero attached hydrogens (tertiary/aromatic N) is 1. The molecule has 0 unspecified atom stereocenters. The van der Waals surface area contributed by atoms with Crippen molar-refractivity contribution in [1.82, 2.24) is 5.06 Å². The molecule has 0 saturated heterocycles. The first-order chi connectivity index (χ1) is 5.18. The maximum atomic E-state index is 10.5. The summed E-state index contributed by atoms with van der Waals surface area (Å²) in [5.41, 5.74) is 0. The lowest BCUT2D eigenvalue weighted by Gasteiger charge is -2.05. The van der Waals surface area contributed by atoms with Crippen LogP contribution in [0.5, 0.6) is 0 Å². The van der Waals surface area contributed by atoms with Crippen molar-refractivity contribution in [3.8, 4) is 0 Å². The predicted octanol–water partition coefficient (Wildman–Crippen LogP) is 1.83. The molecule has 0 aliphatic carbocycles. The molecule has 3 nitrogen and oxygen atoms in total. The number of carbonyl (C=O) groups excluding carboxylic acids is 1. The molecule has 0 aromatic rings. The predicted molar refractivity (Wildman–Crippen MR) is 45.3 cm³/mol. The second-order valence-electron chi connectivity index (χ2n) is 1.74. The van der Waals surface area contributed by atoms with Gasteiger partial charge in [0.05, 0.1) is 0 Å². The second-order valence-corrected chi connectivity index (χ2v) is 1.74. The molecular weight excluding hydrogens is 142 g/mol. The third kappa shape index (κ3) is 9.17. The van der Waals surface area contributed by atoms with Gasteiger partial charge in [-0.3, -0.25) is 10.0 Å². The summed E-state index contributed by atoms with van der Waals surface area (Å²) < 4.78 is 0. The number of hydrogen-bond acceptors (Lipinski definition) is 2. The van der Waals surface area contributed by atoms with Gasteiger partial charge in [-0.05, 0) is 6.42 Å². The number of carbonyl (C=O) groups is 1. The Bertz CT molecular complexity index is 111. The Balaban J connectivity index is 0. The molecule has 1 N–H and O–H groups in total.